The standard InChI is InChI=1S/C23H21FN2O/c1-15(26-23(27)21-14-20(21)16-7-3-2-4-8-16)17-9-5-10-18(13-17)19-11-6-12-25-22(19)24/h2-13,15,20-21H,14H2,1H3,(H,26,27)/t15-,20-,21+/m0/s1. The maximum atomic E-state index is 14.0. The van der Waals surface area contributed by atoms with Gasteiger partial charge in [0.25, 0.3) is 0 Å². The Morgan fingerprint density at radius 3 is 2.70 bits per heavy atom. The van der Waals surface area contributed by atoms with Crippen molar-refractivity contribution in [2.45, 2.75) is 25.3 Å². The summed E-state index contributed by atoms with van der Waals surface area (Å²) in [6.45, 7) is 1.95. The number of amides is 1. The van der Waals surface area contributed by atoms with E-state index in [1.165, 1.54) is 11.8 Å². The Bertz CT molecular complexity index is 957. The summed E-state index contributed by atoms with van der Waals surface area (Å²) in [4.78, 5) is 16.3. The number of benzene rings is 2. The van der Waals surface area contributed by atoms with E-state index in [1.54, 1.807) is 12.1 Å². The monoisotopic (exact) mass is 360 g/mol. The van der Waals surface area contributed by atoms with Crippen molar-refractivity contribution < 1.29 is 9.18 Å². The van der Waals surface area contributed by atoms with Crippen LogP contribution in [-0.4, -0.2) is 10.9 Å². The molecule has 0 unspecified atom stereocenters. The van der Waals surface area contributed by atoms with Crippen LogP contribution in [0.1, 0.15) is 36.4 Å². The van der Waals surface area contributed by atoms with Crippen LogP contribution in [0.5, 0.6) is 0 Å². The lowest BCUT2D eigenvalue weighted by molar-refractivity contribution is -0.123. The molecule has 2 aromatic carbocycles. The molecule has 3 nitrogen and oxygen atoms in total. The predicted octanol–water partition coefficient (Wildman–Crippen LogP) is 4.87. The van der Waals surface area contributed by atoms with E-state index in [0.29, 0.717) is 11.5 Å². The molecule has 4 rings (SSSR count). The summed E-state index contributed by atoms with van der Waals surface area (Å²) in [5.41, 5.74) is 3.39. The first-order valence-electron chi connectivity index (χ1n) is 9.19. The van der Waals surface area contributed by atoms with Gasteiger partial charge in [-0.3, -0.25) is 4.79 Å². The van der Waals surface area contributed by atoms with Crippen LogP contribution in [0.25, 0.3) is 11.1 Å². The highest BCUT2D eigenvalue weighted by Crippen LogP contribution is 2.47. The lowest BCUT2D eigenvalue weighted by atomic mass is 10.0. The van der Waals surface area contributed by atoms with Crippen molar-refractivity contribution >= 4 is 5.91 Å². The van der Waals surface area contributed by atoms with Gasteiger partial charge in [-0.15, -0.1) is 0 Å². The molecule has 0 bridgehead atoms. The molecule has 136 valence electrons. The molecule has 3 atom stereocenters. The van der Waals surface area contributed by atoms with Crippen LogP contribution >= 0.6 is 0 Å². The lowest BCUT2D eigenvalue weighted by Crippen LogP contribution is -2.28. The largest absolute Gasteiger partial charge is 0.349 e. The number of pyridine rings is 1. The van der Waals surface area contributed by atoms with Gasteiger partial charge in [-0.2, -0.15) is 4.39 Å². The molecule has 1 aliphatic rings. The Labute approximate surface area is 158 Å². The summed E-state index contributed by atoms with van der Waals surface area (Å²) >= 11 is 0. The zero-order valence-electron chi connectivity index (χ0n) is 15.1. The Hall–Kier alpha value is -3.01. The Morgan fingerprint density at radius 1 is 1.11 bits per heavy atom. The zero-order valence-corrected chi connectivity index (χ0v) is 15.1. The number of aromatic nitrogens is 1. The van der Waals surface area contributed by atoms with Crippen LogP contribution in [0.3, 0.4) is 0 Å². The molecule has 0 saturated heterocycles. The minimum absolute atomic E-state index is 0.0359. The average molecular weight is 360 g/mol. The number of nitrogens with one attached hydrogen (secondary N) is 1. The molecule has 1 fully saturated rings. The van der Waals surface area contributed by atoms with Crippen molar-refractivity contribution in [1.82, 2.24) is 10.3 Å². The molecular formula is C23H21FN2O. The summed E-state index contributed by atoms with van der Waals surface area (Å²) in [7, 11) is 0. The molecule has 27 heavy (non-hydrogen) atoms. The second-order valence-corrected chi connectivity index (χ2v) is 7.06. The van der Waals surface area contributed by atoms with Crippen molar-refractivity contribution in [3.05, 3.63) is 90.0 Å². The van der Waals surface area contributed by atoms with Gasteiger partial charge in [0, 0.05) is 17.7 Å². The van der Waals surface area contributed by atoms with E-state index >= 15 is 0 Å². The molecule has 4 heteroatoms. The molecule has 1 aromatic heterocycles. The maximum absolute atomic E-state index is 14.0. The fourth-order valence-electron chi connectivity index (χ4n) is 3.53. The van der Waals surface area contributed by atoms with Crippen LogP contribution in [-0.2, 0) is 4.79 Å². The zero-order chi connectivity index (χ0) is 18.8. The summed E-state index contributed by atoms with van der Waals surface area (Å²) < 4.78 is 14.0. The van der Waals surface area contributed by atoms with Gasteiger partial charge < -0.3 is 5.32 Å². The van der Waals surface area contributed by atoms with Gasteiger partial charge in [-0.05, 0) is 54.2 Å². The second kappa shape index (κ2) is 7.31. The van der Waals surface area contributed by atoms with E-state index in [4.69, 9.17) is 0 Å². The third kappa shape index (κ3) is 3.75. The molecule has 0 spiro atoms. The lowest BCUT2D eigenvalue weighted by Gasteiger charge is -2.16. The van der Waals surface area contributed by atoms with Crippen LogP contribution < -0.4 is 5.32 Å². The van der Waals surface area contributed by atoms with Gasteiger partial charge >= 0.3 is 0 Å². The number of halogens is 1. The smallest absolute Gasteiger partial charge is 0.224 e. The summed E-state index contributed by atoms with van der Waals surface area (Å²) in [6.07, 6.45) is 2.33. The van der Waals surface area contributed by atoms with Crippen molar-refractivity contribution in [2.75, 3.05) is 0 Å². The van der Waals surface area contributed by atoms with Crippen molar-refractivity contribution in [3.8, 4) is 11.1 Å². The number of carbonyl (C=O) groups is 1. The topological polar surface area (TPSA) is 42.0 Å². The number of hydrogen-bond donors (Lipinski definition) is 1. The highest BCUT2D eigenvalue weighted by molar-refractivity contribution is 5.83. The first-order valence-corrected chi connectivity index (χ1v) is 9.19. The normalized spacial score (nSPS) is 19.3. The number of hydrogen-bond acceptors (Lipinski definition) is 2. The Morgan fingerprint density at radius 2 is 1.93 bits per heavy atom. The molecule has 0 radical (unpaired) electrons. The van der Waals surface area contributed by atoms with E-state index in [1.807, 2.05) is 49.4 Å². The first-order chi connectivity index (χ1) is 13.1. The van der Waals surface area contributed by atoms with Gasteiger partial charge in [-0.1, -0.05) is 48.5 Å². The minimum Gasteiger partial charge on any atom is -0.349 e. The van der Waals surface area contributed by atoms with Crippen molar-refractivity contribution in [3.63, 3.8) is 0 Å². The average Bonchev–Trinajstić information content (AvgIpc) is 3.50. The van der Waals surface area contributed by atoms with Crippen LogP contribution in [0, 0.1) is 11.9 Å². The Balaban J connectivity index is 1.45. The highest BCUT2D eigenvalue weighted by Gasteiger charge is 2.44. The van der Waals surface area contributed by atoms with Crippen LogP contribution in [0.15, 0.2) is 72.9 Å². The van der Waals surface area contributed by atoms with Crippen molar-refractivity contribution in [2.24, 2.45) is 5.92 Å². The van der Waals surface area contributed by atoms with Crippen LogP contribution in [0.2, 0.25) is 0 Å². The van der Waals surface area contributed by atoms with Gasteiger partial charge in [0.15, 0.2) is 0 Å². The molecule has 3 aromatic rings. The third-order valence-corrected chi connectivity index (χ3v) is 5.17. The fraction of sp³-hybridized carbons (Fsp3) is 0.217. The van der Waals surface area contributed by atoms with E-state index in [0.717, 1.165) is 17.5 Å². The highest BCUT2D eigenvalue weighted by atomic mass is 19.1. The molecule has 1 aliphatic carbocycles. The molecular weight excluding hydrogens is 339 g/mol. The fourth-order valence-corrected chi connectivity index (χ4v) is 3.53. The molecule has 0 aliphatic heterocycles. The van der Waals surface area contributed by atoms with Gasteiger partial charge in [0.2, 0.25) is 11.9 Å². The van der Waals surface area contributed by atoms with Crippen LogP contribution in [0.4, 0.5) is 4.39 Å². The van der Waals surface area contributed by atoms with Gasteiger partial charge in [-0.25, -0.2) is 4.98 Å². The summed E-state index contributed by atoms with van der Waals surface area (Å²) in [5.74, 6) is -0.0626. The summed E-state index contributed by atoms with van der Waals surface area (Å²) in [5, 5.41) is 3.10. The van der Waals surface area contributed by atoms with E-state index in [-0.39, 0.29) is 17.9 Å². The molecule has 1 N–H and O–H groups in total. The maximum Gasteiger partial charge on any atom is 0.224 e. The van der Waals surface area contributed by atoms with Gasteiger partial charge in [0.1, 0.15) is 0 Å². The predicted molar refractivity (Wildman–Crippen MR) is 103 cm³/mol. The van der Waals surface area contributed by atoms with Gasteiger partial charge in [0.05, 0.1) is 6.04 Å². The number of nitrogens with zero attached hydrogens (tertiary/aromatic N) is 1. The second-order valence-electron chi connectivity index (χ2n) is 7.06. The number of carbonyl (C=O) groups excluding carboxylic acids is 1. The molecule has 1 saturated carbocycles. The van der Waals surface area contributed by atoms with E-state index in [2.05, 4.69) is 22.4 Å². The molecule has 1 amide bonds. The summed E-state index contributed by atoms with van der Waals surface area (Å²) in [6, 6.07) is 21.0. The van der Waals surface area contributed by atoms with Crippen molar-refractivity contribution in [1.29, 1.82) is 0 Å². The van der Waals surface area contributed by atoms with E-state index in [9.17, 15) is 9.18 Å². The quantitative estimate of drug-likeness (QED) is 0.660. The first kappa shape index (κ1) is 17.4. The SMILES string of the molecule is C[C@H](NC(=O)[C@@H]1C[C@H]1c1ccccc1)c1cccc(-c2cccnc2F)c1. The van der Waals surface area contributed by atoms with E-state index < -0.39 is 5.95 Å². The third-order valence-electron chi connectivity index (χ3n) is 5.17. The molecule has 1 heterocycles. The Kier molecular flexibility index (Phi) is 4.71. The minimum atomic E-state index is -0.491. The number of rotatable bonds is 5.